The zero-order chi connectivity index (χ0) is 13.7. The molecule has 1 atom stereocenters. The molecule has 0 fully saturated rings. The number of carbonyl (C=O) groups excluding carboxylic acids is 1. The molecule has 0 saturated carbocycles. The molecular weight excluding hydrogens is 258 g/mol. The van der Waals surface area contributed by atoms with Crippen LogP contribution in [-0.4, -0.2) is 28.1 Å². The minimum Gasteiger partial charge on any atom is -0.343 e. The van der Waals surface area contributed by atoms with E-state index in [1.807, 2.05) is 43.5 Å². The Kier molecular flexibility index (Phi) is 4.63. The van der Waals surface area contributed by atoms with Gasteiger partial charge in [-0.15, -0.1) is 0 Å². The molecule has 0 aliphatic rings. The summed E-state index contributed by atoms with van der Waals surface area (Å²) in [6.45, 7) is 1.88. The van der Waals surface area contributed by atoms with Crippen molar-refractivity contribution < 1.29 is 4.79 Å². The monoisotopic (exact) mass is 275 g/mol. The fourth-order valence-electron chi connectivity index (χ4n) is 1.84. The highest BCUT2D eigenvalue weighted by molar-refractivity contribution is 7.98. The number of aromatic amines is 1. The highest BCUT2D eigenvalue weighted by Gasteiger charge is 2.16. The van der Waals surface area contributed by atoms with Crippen LogP contribution in [0.3, 0.4) is 0 Å². The molecule has 0 bridgehead atoms. The Bertz CT molecular complexity index is 539. The predicted molar refractivity (Wildman–Crippen MR) is 78.4 cm³/mol. The summed E-state index contributed by atoms with van der Waals surface area (Å²) in [6, 6.07) is 11.7. The highest BCUT2D eigenvalue weighted by Crippen LogP contribution is 2.17. The van der Waals surface area contributed by atoms with Crippen molar-refractivity contribution in [3.63, 3.8) is 0 Å². The molecule has 0 aliphatic carbocycles. The maximum atomic E-state index is 12.1. The van der Waals surface area contributed by atoms with Gasteiger partial charge in [0.1, 0.15) is 5.69 Å². The first-order chi connectivity index (χ1) is 9.20. The number of thioether (sulfide) groups is 1. The molecule has 19 heavy (non-hydrogen) atoms. The largest absolute Gasteiger partial charge is 0.343 e. The van der Waals surface area contributed by atoms with Crippen LogP contribution in [-0.2, 0) is 0 Å². The van der Waals surface area contributed by atoms with Crippen molar-refractivity contribution in [3.8, 4) is 0 Å². The highest BCUT2D eigenvalue weighted by atomic mass is 32.2. The van der Waals surface area contributed by atoms with Gasteiger partial charge in [-0.3, -0.25) is 9.89 Å². The average Bonchev–Trinajstić information content (AvgIpc) is 2.86. The van der Waals surface area contributed by atoms with E-state index >= 15 is 0 Å². The number of carbonyl (C=O) groups is 1. The number of aromatic nitrogens is 2. The van der Waals surface area contributed by atoms with Gasteiger partial charge < -0.3 is 5.32 Å². The van der Waals surface area contributed by atoms with E-state index in [4.69, 9.17) is 0 Å². The Hall–Kier alpha value is -1.75. The number of nitrogens with zero attached hydrogens (tertiary/aromatic N) is 1. The van der Waals surface area contributed by atoms with E-state index in [1.165, 1.54) is 0 Å². The summed E-state index contributed by atoms with van der Waals surface area (Å²) in [5.41, 5.74) is 2.42. The van der Waals surface area contributed by atoms with E-state index in [2.05, 4.69) is 15.5 Å². The molecule has 0 saturated heterocycles. The molecular formula is C14H17N3OS. The molecule has 1 aromatic carbocycles. The van der Waals surface area contributed by atoms with Crippen LogP contribution in [0.1, 0.15) is 27.8 Å². The lowest BCUT2D eigenvalue weighted by Crippen LogP contribution is -2.30. The van der Waals surface area contributed by atoms with Gasteiger partial charge in [0.05, 0.1) is 6.04 Å². The first kappa shape index (κ1) is 13.7. The van der Waals surface area contributed by atoms with Crippen LogP contribution in [0.5, 0.6) is 0 Å². The molecule has 4 nitrogen and oxygen atoms in total. The number of H-pyrrole nitrogens is 1. The van der Waals surface area contributed by atoms with E-state index in [0.717, 1.165) is 17.0 Å². The summed E-state index contributed by atoms with van der Waals surface area (Å²) in [5, 5.41) is 9.78. The second-order valence-electron chi connectivity index (χ2n) is 4.33. The Balaban J connectivity index is 2.11. The minimum atomic E-state index is -0.146. The molecule has 0 unspecified atom stereocenters. The van der Waals surface area contributed by atoms with Crippen molar-refractivity contribution in [2.75, 3.05) is 12.0 Å². The van der Waals surface area contributed by atoms with Crippen LogP contribution in [0, 0.1) is 6.92 Å². The summed E-state index contributed by atoms with van der Waals surface area (Å²) in [5.74, 6) is 0.686. The zero-order valence-corrected chi connectivity index (χ0v) is 11.8. The van der Waals surface area contributed by atoms with Crippen molar-refractivity contribution in [1.82, 2.24) is 15.5 Å². The maximum absolute atomic E-state index is 12.1. The third-order valence-corrected chi connectivity index (χ3v) is 3.45. The van der Waals surface area contributed by atoms with Gasteiger partial charge in [-0.1, -0.05) is 30.3 Å². The zero-order valence-electron chi connectivity index (χ0n) is 11.0. The SMILES string of the molecule is CSC[C@@H](NC(=O)c1cc(C)[nH]n1)c1ccccc1. The van der Waals surface area contributed by atoms with Gasteiger partial charge in [0, 0.05) is 11.4 Å². The van der Waals surface area contributed by atoms with E-state index in [0.29, 0.717) is 5.69 Å². The number of nitrogens with one attached hydrogen (secondary N) is 2. The first-order valence-corrected chi connectivity index (χ1v) is 7.47. The lowest BCUT2D eigenvalue weighted by Gasteiger charge is -2.17. The molecule has 1 heterocycles. The van der Waals surface area contributed by atoms with Crippen LogP contribution in [0.25, 0.3) is 0 Å². The topological polar surface area (TPSA) is 57.8 Å². The summed E-state index contributed by atoms with van der Waals surface area (Å²) in [6.07, 6.45) is 2.03. The molecule has 2 rings (SSSR count). The number of hydrogen-bond acceptors (Lipinski definition) is 3. The van der Waals surface area contributed by atoms with Gasteiger partial charge >= 0.3 is 0 Å². The van der Waals surface area contributed by atoms with Crippen molar-refractivity contribution in [2.45, 2.75) is 13.0 Å². The summed E-state index contributed by atoms with van der Waals surface area (Å²) >= 11 is 1.70. The Morgan fingerprint density at radius 1 is 1.42 bits per heavy atom. The maximum Gasteiger partial charge on any atom is 0.272 e. The van der Waals surface area contributed by atoms with E-state index in [1.54, 1.807) is 17.8 Å². The van der Waals surface area contributed by atoms with Crippen molar-refractivity contribution >= 4 is 17.7 Å². The molecule has 0 radical (unpaired) electrons. The van der Waals surface area contributed by atoms with Crippen molar-refractivity contribution in [3.05, 3.63) is 53.3 Å². The second-order valence-corrected chi connectivity index (χ2v) is 5.24. The Labute approximate surface area is 117 Å². The number of rotatable bonds is 5. The minimum absolute atomic E-state index is 0.000654. The molecule has 1 aromatic heterocycles. The first-order valence-electron chi connectivity index (χ1n) is 6.07. The second kappa shape index (κ2) is 6.43. The number of hydrogen-bond donors (Lipinski definition) is 2. The van der Waals surface area contributed by atoms with Crippen molar-refractivity contribution in [1.29, 1.82) is 0 Å². The third-order valence-electron chi connectivity index (χ3n) is 2.78. The molecule has 0 aliphatic heterocycles. The number of aryl methyl sites for hydroxylation is 1. The quantitative estimate of drug-likeness (QED) is 0.881. The van der Waals surface area contributed by atoms with Crippen LogP contribution in [0.2, 0.25) is 0 Å². The van der Waals surface area contributed by atoms with Gasteiger partial charge in [-0.2, -0.15) is 16.9 Å². The molecule has 100 valence electrons. The van der Waals surface area contributed by atoms with Gasteiger partial charge in [-0.25, -0.2) is 0 Å². The predicted octanol–water partition coefficient (Wildman–Crippen LogP) is 2.55. The lowest BCUT2D eigenvalue weighted by atomic mass is 10.1. The average molecular weight is 275 g/mol. The molecule has 2 aromatic rings. The number of amides is 1. The molecule has 0 spiro atoms. The fraction of sp³-hybridized carbons (Fsp3) is 0.286. The van der Waals surface area contributed by atoms with Crippen LogP contribution >= 0.6 is 11.8 Å². The van der Waals surface area contributed by atoms with Crippen LogP contribution < -0.4 is 5.32 Å². The van der Waals surface area contributed by atoms with Crippen LogP contribution in [0.15, 0.2) is 36.4 Å². The lowest BCUT2D eigenvalue weighted by molar-refractivity contribution is 0.0935. The van der Waals surface area contributed by atoms with Gasteiger partial charge in [-0.05, 0) is 24.8 Å². The Morgan fingerprint density at radius 3 is 2.74 bits per heavy atom. The summed E-state index contributed by atoms with van der Waals surface area (Å²) in [7, 11) is 0. The van der Waals surface area contributed by atoms with E-state index in [9.17, 15) is 4.79 Å². The third kappa shape index (κ3) is 3.61. The van der Waals surface area contributed by atoms with Gasteiger partial charge in [0.15, 0.2) is 0 Å². The van der Waals surface area contributed by atoms with Crippen molar-refractivity contribution in [2.24, 2.45) is 0 Å². The van der Waals surface area contributed by atoms with Gasteiger partial charge in [0.25, 0.3) is 5.91 Å². The van der Waals surface area contributed by atoms with E-state index in [-0.39, 0.29) is 11.9 Å². The standard InChI is InChI=1S/C14H17N3OS/c1-10-8-12(17-16-10)14(18)15-13(9-19-2)11-6-4-3-5-7-11/h3-8,13H,9H2,1-2H3,(H,15,18)(H,16,17)/t13-/m1/s1. The molecule has 1 amide bonds. The fourth-order valence-corrected chi connectivity index (χ4v) is 2.45. The van der Waals surface area contributed by atoms with Gasteiger partial charge in [0.2, 0.25) is 0 Å². The number of benzene rings is 1. The Morgan fingerprint density at radius 2 is 2.16 bits per heavy atom. The summed E-state index contributed by atoms with van der Waals surface area (Å²) < 4.78 is 0. The van der Waals surface area contributed by atoms with E-state index < -0.39 is 0 Å². The molecule has 2 N–H and O–H groups in total. The van der Waals surface area contributed by atoms with Crippen LogP contribution in [0.4, 0.5) is 0 Å². The smallest absolute Gasteiger partial charge is 0.272 e. The summed E-state index contributed by atoms with van der Waals surface area (Å²) in [4.78, 5) is 12.1. The normalized spacial score (nSPS) is 12.1. The molecule has 5 heteroatoms.